The van der Waals surface area contributed by atoms with E-state index in [0.717, 1.165) is 0 Å². The highest BCUT2D eigenvalue weighted by atomic mass is 19.4. The first kappa shape index (κ1) is 20.1. The first-order chi connectivity index (χ1) is 13.8. The van der Waals surface area contributed by atoms with Crippen LogP contribution in [0.4, 0.5) is 30.5 Å². The van der Waals surface area contributed by atoms with E-state index in [2.05, 4.69) is 9.97 Å². The van der Waals surface area contributed by atoms with Crippen molar-refractivity contribution in [2.45, 2.75) is 12.8 Å². The summed E-state index contributed by atoms with van der Waals surface area (Å²) in [5.41, 5.74) is -0.0504. The quantitative estimate of drug-likeness (QED) is 0.436. The smallest absolute Gasteiger partial charge is 0.423 e. The molecule has 1 heterocycles. The highest BCUT2D eigenvalue weighted by Crippen LogP contribution is 2.36. The lowest BCUT2D eigenvalue weighted by Crippen LogP contribution is -2.17. The lowest BCUT2D eigenvalue weighted by molar-refractivity contribution is -0.384. The van der Waals surface area contributed by atoms with Gasteiger partial charge in [0.05, 0.1) is 4.92 Å². The molecule has 10 heteroatoms. The molecule has 0 unspecified atom stereocenters. The average molecular weight is 404 g/mol. The largest absolute Gasteiger partial charge is 0.472 e. The fraction of sp³-hybridized carbons (Fsp3) is 0.158. The Morgan fingerprint density at radius 2 is 1.76 bits per heavy atom. The molecule has 0 bridgehead atoms. The van der Waals surface area contributed by atoms with Crippen LogP contribution in [0, 0.1) is 10.1 Å². The molecule has 0 amide bonds. The lowest BCUT2D eigenvalue weighted by atomic mass is 10.2. The third-order valence-corrected chi connectivity index (χ3v) is 4.01. The van der Waals surface area contributed by atoms with Gasteiger partial charge in [-0.05, 0) is 17.7 Å². The minimum absolute atomic E-state index is 0.0464. The summed E-state index contributed by atoms with van der Waals surface area (Å²) in [6.07, 6.45) is -4.03. The van der Waals surface area contributed by atoms with Gasteiger partial charge in [0.15, 0.2) is 0 Å². The molecule has 3 aromatic rings. The van der Waals surface area contributed by atoms with Crippen molar-refractivity contribution in [3.63, 3.8) is 0 Å². The van der Waals surface area contributed by atoms with E-state index in [-0.39, 0.29) is 18.2 Å². The zero-order valence-electron chi connectivity index (χ0n) is 15.1. The van der Waals surface area contributed by atoms with Crippen LogP contribution < -0.4 is 9.64 Å². The Morgan fingerprint density at radius 3 is 2.34 bits per heavy atom. The van der Waals surface area contributed by atoms with Crippen LogP contribution in [0.1, 0.15) is 11.1 Å². The van der Waals surface area contributed by atoms with Gasteiger partial charge in [-0.2, -0.15) is 18.2 Å². The number of hydrogen-bond acceptors (Lipinski definition) is 6. The number of halogens is 3. The van der Waals surface area contributed by atoms with Gasteiger partial charge in [-0.25, -0.2) is 4.98 Å². The van der Waals surface area contributed by atoms with Gasteiger partial charge in [-0.1, -0.05) is 30.3 Å². The molecule has 2 aromatic carbocycles. The van der Waals surface area contributed by atoms with Crippen molar-refractivity contribution in [2.24, 2.45) is 0 Å². The van der Waals surface area contributed by atoms with Gasteiger partial charge in [0, 0.05) is 31.1 Å². The molecule has 0 N–H and O–H groups in total. The fourth-order valence-corrected chi connectivity index (χ4v) is 2.46. The summed E-state index contributed by atoms with van der Waals surface area (Å²) in [6, 6.07) is 14.2. The minimum Gasteiger partial charge on any atom is -0.472 e. The second kappa shape index (κ2) is 8.13. The molecule has 0 atom stereocenters. The maximum atomic E-state index is 13.3. The number of nitro groups is 1. The van der Waals surface area contributed by atoms with Crippen molar-refractivity contribution in [2.75, 3.05) is 11.9 Å². The fourth-order valence-electron chi connectivity index (χ4n) is 2.46. The standard InChI is InChI=1S/C19H15F3N4O3/c1-25(14-7-9-15(10-8-14)26(27)28)18-23-11-16(19(20,21)22)17(24-18)29-12-13-5-3-2-4-6-13/h2-11H,12H2,1H3. The van der Waals surface area contributed by atoms with Gasteiger partial charge in [-0.3, -0.25) is 10.1 Å². The highest BCUT2D eigenvalue weighted by molar-refractivity contribution is 5.58. The maximum absolute atomic E-state index is 13.3. The third-order valence-electron chi connectivity index (χ3n) is 4.01. The molecule has 0 aliphatic heterocycles. The number of nitro benzene ring substituents is 1. The second-order valence-electron chi connectivity index (χ2n) is 5.99. The lowest BCUT2D eigenvalue weighted by Gasteiger charge is -2.19. The molecule has 3 rings (SSSR count). The molecule has 0 fully saturated rings. The van der Waals surface area contributed by atoms with Crippen molar-refractivity contribution >= 4 is 17.3 Å². The van der Waals surface area contributed by atoms with E-state index in [0.29, 0.717) is 17.4 Å². The zero-order chi connectivity index (χ0) is 21.0. The molecule has 29 heavy (non-hydrogen) atoms. The van der Waals surface area contributed by atoms with Gasteiger partial charge in [0.25, 0.3) is 5.69 Å². The Hall–Kier alpha value is -3.69. The van der Waals surface area contributed by atoms with Crippen molar-refractivity contribution in [1.82, 2.24) is 9.97 Å². The molecule has 0 radical (unpaired) electrons. The average Bonchev–Trinajstić information content (AvgIpc) is 2.71. The van der Waals surface area contributed by atoms with Crippen molar-refractivity contribution < 1.29 is 22.8 Å². The molecular formula is C19H15F3N4O3. The van der Waals surface area contributed by atoms with Crippen molar-refractivity contribution in [3.8, 4) is 5.88 Å². The molecule has 150 valence electrons. The van der Waals surface area contributed by atoms with E-state index in [4.69, 9.17) is 4.74 Å². The summed E-state index contributed by atoms with van der Waals surface area (Å²) >= 11 is 0. The molecular weight excluding hydrogens is 389 g/mol. The molecule has 7 nitrogen and oxygen atoms in total. The van der Waals surface area contributed by atoms with Crippen LogP contribution in [-0.4, -0.2) is 21.9 Å². The zero-order valence-corrected chi connectivity index (χ0v) is 15.1. The van der Waals surface area contributed by atoms with E-state index in [1.807, 2.05) is 0 Å². The van der Waals surface area contributed by atoms with E-state index in [9.17, 15) is 23.3 Å². The summed E-state index contributed by atoms with van der Waals surface area (Å²) < 4.78 is 45.3. The van der Waals surface area contributed by atoms with Crippen LogP contribution in [0.5, 0.6) is 5.88 Å². The van der Waals surface area contributed by atoms with Crippen LogP contribution in [0.3, 0.4) is 0 Å². The van der Waals surface area contributed by atoms with Gasteiger partial charge < -0.3 is 9.64 Å². The van der Waals surface area contributed by atoms with E-state index in [1.54, 1.807) is 30.3 Å². The second-order valence-corrected chi connectivity index (χ2v) is 5.99. The van der Waals surface area contributed by atoms with Crippen LogP contribution in [0.2, 0.25) is 0 Å². The number of aromatic nitrogens is 2. The number of non-ortho nitro benzene ring substituents is 1. The van der Waals surface area contributed by atoms with Gasteiger partial charge in [0.2, 0.25) is 11.8 Å². The summed E-state index contributed by atoms with van der Waals surface area (Å²) in [6.45, 7) is -0.0956. The first-order valence-corrected chi connectivity index (χ1v) is 8.35. The predicted octanol–water partition coefficient (Wildman–Crippen LogP) is 4.75. The predicted molar refractivity (Wildman–Crippen MR) is 99.0 cm³/mol. The topological polar surface area (TPSA) is 81.4 Å². The third kappa shape index (κ3) is 4.78. The number of benzene rings is 2. The first-order valence-electron chi connectivity index (χ1n) is 8.35. The van der Waals surface area contributed by atoms with Gasteiger partial charge in [-0.15, -0.1) is 0 Å². The van der Waals surface area contributed by atoms with Crippen LogP contribution in [-0.2, 0) is 12.8 Å². The summed E-state index contributed by atoms with van der Waals surface area (Å²) in [5, 5.41) is 10.8. The SMILES string of the molecule is CN(c1ccc([N+](=O)[O-])cc1)c1ncc(C(F)(F)F)c(OCc2ccccc2)n1. The number of alkyl halides is 3. The monoisotopic (exact) mass is 404 g/mol. The van der Waals surface area contributed by atoms with Crippen molar-refractivity contribution in [3.05, 3.63) is 82.0 Å². The Balaban J connectivity index is 1.90. The molecule has 1 aromatic heterocycles. The van der Waals surface area contributed by atoms with E-state index >= 15 is 0 Å². The van der Waals surface area contributed by atoms with Crippen LogP contribution in [0.25, 0.3) is 0 Å². The van der Waals surface area contributed by atoms with E-state index in [1.165, 1.54) is 36.2 Å². The van der Waals surface area contributed by atoms with Crippen molar-refractivity contribution in [1.29, 1.82) is 0 Å². The minimum atomic E-state index is -4.68. The summed E-state index contributed by atoms with van der Waals surface area (Å²) in [5.74, 6) is -0.643. The highest BCUT2D eigenvalue weighted by Gasteiger charge is 2.36. The van der Waals surface area contributed by atoms with Crippen LogP contribution >= 0.6 is 0 Å². The Morgan fingerprint density at radius 1 is 1.10 bits per heavy atom. The summed E-state index contributed by atoms with van der Waals surface area (Å²) in [7, 11) is 1.53. The molecule has 0 aliphatic rings. The molecule has 0 saturated carbocycles. The summed E-state index contributed by atoms with van der Waals surface area (Å²) in [4.78, 5) is 19.3. The molecule has 0 saturated heterocycles. The van der Waals surface area contributed by atoms with E-state index < -0.39 is 22.5 Å². The molecule has 0 aliphatic carbocycles. The Bertz CT molecular complexity index is 996. The van der Waals surface area contributed by atoms with Gasteiger partial charge >= 0.3 is 6.18 Å². The number of ether oxygens (including phenoxy) is 1. The normalized spacial score (nSPS) is 11.2. The maximum Gasteiger partial charge on any atom is 0.423 e. The number of nitrogens with zero attached hydrogens (tertiary/aromatic N) is 4. The number of anilines is 2. The van der Waals surface area contributed by atoms with Crippen LogP contribution in [0.15, 0.2) is 60.8 Å². The Kier molecular flexibility index (Phi) is 5.62. The molecule has 0 spiro atoms. The Labute approximate surface area is 163 Å². The number of hydrogen-bond donors (Lipinski definition) is 0. The van der Waals surface area contributed by atoms with Gasteiger partial charge in [0.1, 0.15) is 12.2 Å². The number of rotatable bonds is 6.